The minimum Gasteiger partial charge on any atom is -0.493 e. The van der Waals surface area contributed by atoms with Crippen molar-refractivity contribution in [2.24, 2.45) is 0 Å². The molecule has 4 rings (SSSR count). The molecule has 0 radical (unpaired) electrons. The summed E-state index contributed by atoms with van der Waals surface area (Å²) in [7, 11) is 5.23. The predicted molar refractivity (Wildman–Crippen MR) is 104 cm³/mol. The average Bonchev–Trinajstić information content (AvgIpc) is 2.89. The summed E-state index contributed by atoms with van der Waals surface area (Å²) in [4.78, 5) is 17.0. The summed E-state index contributed by atoms with van der Waals surface area (Å²) in [5.74, 6) is 1.45. The third-order valence-electron chi connectivity index (χ3n) is 6.17. The van der Waals surface area contributed by atoms with Gasteiger partial charge in [-0.2, -0.15) is 0 Å². The first-order valence-corrected chi connectivity index (χ1v) is 9.32. The van der Waals surface area contributed by atoms with Crippen LogP contribution in [0.1, 0.15) is 29.7 Å². The fourth-order valence-electron chi connectivity index (χ4n) is 4.64. The Morgan fingerprint density at radius 1 is 1.11 bits per heavy atom. The van der Waals surface area contributed by atoms with Gasteiger partial charge in [0.05, 0.1) is 25.8 Å². The lowest BCUT2D eigenvalue weighted by Gasteiger charge is -2.40. The van der Waals surface area contributed by atoms with E-state index >= 15 is 0 Å². The fourth-order valence-corrected chi connectivity index (χ4v) is 4.64. The van der Waals surface area contributed by atoms with Crippen LogP contribution in [-0.4, -0.2) is 49.2 Å². The molecule has 2 heterocycles. The van der Waals surface area contributed by atoms with Crippen LogP contribution in [0.25, 0.3) is 0 Å². The molecule has 0 aromatic heterocycles. The summed E-state index contributed by atoms with van der Waals surface area (Å²) in [6.07, 6.45) is 1.62. The van der Waals surface area contributed by atoms with Crippen LogP contribution in [0.5, 0.6) is 11.5 Å². The fraction of sp³-hybridized carbons (Fsp3) is 0.409. The van der Waals surface area contributed by atoms with Crippen LogP contribution in [0, 0.1) is 0 Å². The van der Waals surface area contributed by atoms with Crippen molar-refractivity contribution < 1.29 is 14.3 Å². The highest BCUT2D eigenvalue weighted by atomic mass is 16.5. The van der Waals surface area contributed by atoms with Gasteiger partial charge >= 0.3 is 6.03 Å². The summed E-state index contributed by atoms with van der Waals surface area (Å²) in [6, 6.07) is 14.6. The standard InChI is InChI=1S/C22H26N2O3/c1-22(14-15-8-6-5-7-9-15)20-17-13-19(27-4)18(26-3)12-16(17)10-11-24(20)21(25)23(22)2/h5-9,12-13,20H,10-11,14H2,1-4H3/t20-,22+/m0/s1. The number of nitrogens with zero attached hydrogens (tertiary/aromatic N) is 2. The summed E-state index contributed by atoms with van der Waals surface area (Å²) >= 11 is 0. The number of methoxy groups -OCH3 is 2. The van der Waals surface area contributed by atoms with Gasteiger partial charge in [-0.25, -0.2) is 4.79 Å². The van der Waals surface area contributed by atoms with Crippen LogP contribution in [-0.2, 0) is 12.8 Å². The number of fused-ring (bicyclic) bond motifs is 3. The van der Waals surface area contributed by atoms with Gasteiger partial charge in [0.2, 0.25) is 0 Å². The van der Waals surface area contributed by atoms with Crippen LogP contribution in [0.2, 0.25) is 0 Å². The molecule has 0 bridgehead atoms. The van der Waals surface area contributed by atoms with Gasteiger partial charge < -0.3 is 19.3 Å². The molecule has 0 unspecified atom stereocenters. The Balaban J connectivity index is 1.83. The highest BCUT2D eigenvalue weighted by Gasteiger charge is 2.54. The van der Waals surface area contributed by atoms with Gasteiger partial charge in [-0.05, 0) is 48.6 Å². The SMILES string of the molecule is COc1cc2c(cc1OC)[C@@H]1N(CC2)C(=O)N(C)[C@]1(C)Cc1ccccc1. The van der Waals surface area contributed by atoms with Crippen LogP contribution in [0.15, 0.2) is 42.5 Å². The number of hydrogen-bond donors (Lipinski definition) is 0. The Morgan fingerprint density at radius 2 is 1.78 bits per heavy atom. The van der Waals surface area contributed by atoms with E-state index in [2.05, 4.69) is 43.3 Å². The average molecular weight is 366 g/mol. The topological polar surface area (TPSA) is 42.0 Å². The number of urea groups is 1. The number of carbonyl (C=O) groups excluding carboxylic acids is 1. The van der Waals surface area contributed by atoms with Crippen molar-refractivity contribution in [3.8, 4) is 11.5 Å². The Bertz CT molecular complexity index is 867. The van der Waals surface area contributed by atoms with E-state index in [-0.39, 0.29) is 17.6 Å². The molecule has 0 N–H and O–H groups in total. The van der Waals surface area contributed by atoms with Gasteiger partial charge in [0.1, 0.15) is 0 Å². The number of benzene rings is 2. The molecule has 2 aromatic rings. The Kier molecular flexibility index (Phi) is 4.25. The van der Waals surface area contributed by atoms with E-state index in [0.717, 1.165) is 30.7 Å². The maximum atomic E-state index is 13.0. The van der Waals surface area contributed by atoms with Crippen LogP contribution >= 0.6 is 0 Å². The lowest BCUT2D eigenvalue weighted by Crippen LogP contribution is -2.46. The largest absolute Gasteiger partial charge is 0.493 e. The zero-order valence-corrected chi connectivity index (χ0v) is 16.4. The highest BCUT2D eigenvalue weighted by molar-refractivity contribution is 5.80. The van der Waals surface area contributed by atoms with Crippen molar-refractivity contribution in [3.05, 3.63) is 59.2 Å². The molecule has 0 aliphatic carbocycles. The Morgan fingerprint density at radius 3 is 2.44 bits per heavy atom. The van der Waals surface area contributed by atoms with E-state index in [9.17, 15) is 4.79 Å². The third-order valence-corrected chi connectivity index (χ3v) is 6.17. The van der Waals surface area contributed by atoms with E-state index in [1.165, 1.54) is 11.1 Å². The molecule has 1 saturated heterocycles. The van der Waals surface area contributed by atoms with Gasteiger partial charge in [-0.1, -0.05) is 30.3 Å². The number of carbonyl (C=O) groups is 1. The Hall–Kier alpha value is -2.69. The molecule has 5 nitrogen and oxygen atoms in total. The molecule has 27 heavy (non-hydrogen) atoms. The van der Waals surface area contributed by atoms with E-state index in [4.69, 9.17) is 9.47 Å². The highest BCUT2D eigenvalue weighted by Crippen LogP contribution is 2.49. The first-order chi connectivity index (χ1) is 13.0. The molecule has 0 spiro atoms. The normalized spacial score (nSPS) is 23.9. The number of ether oxygens (including phenoxy) is 2. The number of likely N-dealkylation sites (N-methyl/N-ethyl adjacent to an activating group) is 1. The van der Waals surface area contributed by atoms with Crippen molar-refractivity contribution in [2.75, 3.05) is 27.8 Å². The maximum Gasteiger partial charge on any atom is 0.320 e. The maximum absolute atomic E-state index is 13.0. The molecule has 2 atom stereocenters. The lowest BCUT2D eigenvalue weighted by atomic mass is 9.78. The van der Waals surface area contributed by atoms with Crippen LogP contribution in [0.4, 0.5) is 4.79 Å². The van der Waals surface area contributed by atoms with Crippen molar-refractivity contribution in [2.45, 2.75) is 31.3 Å². The molecule has 0 saturated carbocycles. The zero-order valence-electron chi connectivity index (χ0n) is 16.4. The Labute approximate surface area is 160 Å². The third kappa shape index (κ3) is 2.64. The van der Waals surface area contributed by atoms with Gasteiger partial charge in [-0.3, -0.25) is 0 Å². The van der Waals surface area contributed by atoms with E-state index in [1.54, 1.807) is 14.2 Å². The second-order valence-electron chi connectivity index (χ2n) is 7.61. The van der Waals surface area contributed by atoms with Crippen molar-refractivity contribution >= 4 is 6.03 Å². The van der Waals surface area contributed by atoms with E-state index < -0.39 is 0 Å². The number of hydrogen-bond acceptors (Lipinski definition) is 3. The smallest absolute Gasteiger partial charge is 0.320 e. The van der Waals surface area contributed by atoms with Gasteiger partial charge in [0, 0.05) is 13.6 Å². The first kappa shape index (κ1) is 17.7. The molecular weight excluding hydrogens is 340 g/mol. The molecule has 2 aromatic carbocycles. The number of rotatable bonds is 4. The molecule has 5 heteroatoms. The van der Waals surface area contributed by atoms with Crippen molar-refractivity contribution in [3.63, 3.8) is 0 Å². The summed E-state index contributed by atoms with van der Waals surface area (Å²) in [5, 5.41) is 0. The van der Waals surface area contributed by atoms with Crippen LogP contribution in [0.3, 0.4) is 0 Å². The second kappa shape index (κ2) is 6.48. The minimum absolute atomic E-state index is 0.0150. The lowest BCUT2D eigenvalue weighted by molar-refractivity contribution is 0.168. The first-order valence-electron chi connectivity index (χ1n) is 9.32. The monoisotopic (exact) mass is 366 g/mol. The van der Waals surface area contributed by atoms with Crippen molar-refractivity contribution in [1.82, 2.24) is 9.80 Å². The molecule has 2 amide bonds. The molecule has 2 aliphatic heterocycles. The summed E-state index contributed by atoms with van der Waals surface area (Å²) in [5.41, 5.74) is 3.29. The quantitative estimate of drug-likeness (QED) is 0.829. The molecule has 142 valence electrons. The van der Waals surface area contributed by atoms with Crippen LogP contribution < -0.4 is 9.47 Å². The number of amides is 2. The van der Waals surface area contributed by atoms with Gasteiger partial charge in [0.25, 0.3) is 0 Å². The second-order valence-corrected chi connectivity index (χ2v) is 7.61. The van der Waals surface area contributed by atoms with Gasteiger partial charge in [0.15, 0.2) is 11.5 Å². The molecular formula is C22H26N2O3. The van der Waals surface area contributed by atoms with E-state index in [0.29, 0.717) is 5.75 Å². The van der Waals surface area contributed by atoms with Gasteiger partial charge in [-0.15, -0.1) is 0 Å². The molecule has 2 aliphatic rings. The molecule has 1 fully saturated rings. The predicted octanol–water partition coefficient (Wildman–Crippen LogP) is 3.67. The summed E-state index contributed by atoms with van der Waals surface area (Å²) in [6.45, 7) is 2.91. The van der Waals surface area contributed by atoms with Crippen molar-refractivity contribution in [1.29, 1.82) is 0 Å². The van der Waals surface area contributed by atoms with E-state index in [1.807, 2.05) is 22.9 Å². The summed E-state index contributed by atoms with van der Waals surface area (Å²) < 4.78 is 11.0. The zero-order chi connectivity index (χ0) is 19.2. The minimum atomic E-state index is -0.340.